The predicted molar refractivity (Wildman–Crippen MR) is 80.0 cm³/mol. The second kappa shape index (κ2) is 5.38. The lowest BCUT2D eigenvalue weighted by atomic mass is 10.2. The Labute approximate surface area is 125 Å². The molecule has 20 heavy (non-hydrogen) atoms. The third-order valence-corrected chi connectivity index (χ3v) is 4.16. The fraction of sp³-hybridized carbons (Fsp3) is 0.308. The standard InChI is InChI=1S/C13H14ClN5S/c1-9(19-7-10(14)6-16-19)5-12-17-11(8-20-12)13-15-3-4-18(13)2/h3-4,6-9H,5H2,1-2H3/t9-/m0/s1. The van der Waals surface area contributed by atoms with E-state index in [-0.39, 0.29) is 6.04 Å². The van der Waals surface area contributed by atoms with E-state index in [1.165, 1.54) is 0 Å². The summed E-state index contributed by atoms with van der Waals surface area (Å²) in [7, 11) is 1.97. The molecule has 0 saturated carbocycles. The van der Waals surface area contributed by atoms with Crippen LogP contribution in [-0.2, 0) is 13.5 Å². The summed E-state index contributed by atoms with van der Waals surface area (Å²) in [5.41, 5.74) is 0.920. The molecule has 1 atom stereocenters. The van der Waals surface area contributed by atoms with Gasteiger partial charge in [0, 0.05) is 37.4 Å². The molecule has 104 valence electrons. The number of aromatic nitrogens is 5. The van der Waals surface area contributed by atoms with Crippen LogP contribution in [0.25, 0.3) is 11.5 Å². The van der Waals surface area contributed by atoms with E-state index in [9.17, 15) is 0 Å². The van der Waals surface area contributed by atoms with E-state index in [1.807, 2.05) is 34.1 Å². The molecule has 3 heterocycles. The zero-order valence-electron chi connectivity index (χ0n) is 11.2. The topological polar surface area (TPSA) is 48.5 Å². The van der Waals surface area contributed by atoms with Gasteiger partial charge in [-0.2, -0.15) is 5.10 Å². The first-order chi connectivity index (χ1) is 9.63. The maximum Gasteiger partial charge on any atom is 0.159 e. The summed E-state index contributed by atoms with van der Waals surface area (Å²) in [6.07, 6.45) is 8.01. The Kier molecular flexibility index (Phi) is 3.58. The molecule has 0 aliphatic carbocycles. The fourth-order valence-electron chi connectivity index (χ4n) is 2.02. The summed E-state index contributed by atoms with van der Waals surface area (Å²) in [4.78, 5) is 8.96. The highest BCUT2D eigenvalue weighted by Gasteiger charge is 2.13. The smallest absolute Gasteiger partial charge is 0.159 e. The molecule has 7 heteroatoms. The van der Waals surface area contributed by atoms with Gasteiger partial charge in [0.15, 0.2) is 5.82 Å². The van der Waals surface area contributed by atoms with Crippen molar-refractivity contribution in [1.82, 2.24) is 24.3 Å². The Hall–Kier alpha value is -1.66. The van der Waals surface area contributed by atoms with Crippen LogP contribution >= 0.6 is 22.9 Å². The second-order valence-corrected chi connectivity index (χ2v) is 6.06. The van der Waals surface area contributed by atoms with Crippen molar-refractivity contribution in [2.45, 2.75) is 19.4 Å². The first-order valence-corrected chi connectivity index (χ1v) is 7.51. The predicted octanol–water partition coefficient (Wildman–Crippen LogP) is 3.20. The van der Waals surface area contributed by atoms with Gasteiger partial charge >= 0.3 is 0 Å². The summed E-state index contributed by atoms with van der Waals surface area (Å²) < 4.78 is 3.83. The Morgan fingerprint density at radius 2 is 2.30 bits per heavy atom. The van der Waals surface area contributed by atoms with E-state index in [1.54, 1.807) is 23.7 Å². The molecule has 0 spiro atoms. The summed E-state index contributed by atoms with van der Waals surface area (Å²) in [5.74, 6) is 0.891. The van der Waals surface area contributed by atoms with Crippen LogP contribution in [0.1, 0.15) is 18.0 Å². The van der Waals surface area contributed by atoms with E-state index in [2.05, 4.69) is 22.0 Å². The fourth-order valence-corrected chi connectivity index (χ4v) is 3.06. The molecule has 0 amide bonds. The van der Waals surface area contributed by atoms with E-state index in [0.717, 1.165) is 22.9 Å². The number of hydrogen-bond acceptors (Lipinski definition) is 4. The lowest BCUT2D eigenvalue weighted by molar-refractivity contribution is 0.488. The van der Waals surface area contributed by atoms with Crippen LogP contribution < -0.4 is 0 Å². The van der Waals surface area contributed by atoms with Crippen LogP contribution in [-0.4, -0.2) is 24.3 Å². The van der Waals surface area contributed by atoms with Gasteiger partial charge in [-0.1, -0.05) is 11.6 Å². The van der Waals surface area contributed by atoms with Crippen LogP contribution in [0.5, 0.6) is 0 Å². The van der Waals surface area contributed by atoms with Crippen LogP contribution in [0, 0.1) is 0 Å². The molecule has 0 aliphatic heterocycles. The minimum atomic E-state index is 0.225. The molecule has 0 radical (unpaired) electrons. The number of thiazole rings is 1. The van der Waals surface area contributed by atoms with E-state index in [0.29, 0.717) is 5.02 Å². The SMILES string of the molecule is C[C@@H](Cc1nc(-c2nccn2C)cs1)n1cc(Cl)cn1. The summed E-state index contributed by atoms with van der Waals surface area (Å²) in [5, 5.41) is 8.00. The van der Waals surface area contributed by atoms with Crippen molar-refractivity contribution >= 4 is 22.9 Å². The minimum Gasteiger partial charge on any atom is -0.333 e. The molecular formula is C13H14ClN5S. The van der Waals surface area contributed by atoms with Gasteiger partial charge in [0.1, 0.15) is 5.69 Å². The lowest BCUT2D eigenvalue weighted by Gasteiger charge is -2.09. The molecule has 0 aliphatic rings. The van der Waals surface area contributed by atoms with Gasteiger partial charge in [0.2, 0.25) is 0 Å². The van der Waals surface area contributed by atoms with Crippen LogP contribution in [0.2, 0.25) is 5.02 Å². The van der Waals surface area contributed by atoms with Crippen LogP contribution in [0.3, 0.4) is 0 Å². The molecule has 5 nitrogen and oxygen atoms in total. The highest BCUT2D eigenvalue weighted by molar-refractivity contribution is 7.09. The van der Waals surface area contributed by atoms with Crippen molar-refractivity contribution in [2.75, 3.05) is 0 Å². The highest BCUT2D eigenvalue weighted by atomic mass is 35.5. The van der Waals surface area contributed by atoms with E-state index in [4.69, 9.17) is 11.6 Å². The molecule has 0 unspecified atom stereocenters. The quantitative estimate of drug-likeness (QED) is 0.743. The van der Waals surface area contributed by atoms with Gasteiger partial charge in [-0.05, 0) is 6.92 Å². The van der Waals surface area contributed by atoms with Crippen LogP contribution in [0.15, 0.2) is 30.2 Å². The van der Waals surface area contributed by atoms with Gasteiger partial charge in [0.05, 0.1) is 22.3 Å². The summed E-state index contributed by atoms with van der Waals surface area (Å²) >= 11 is 7.54. The number of halogens is 1. The van der Waals surface area contributed by atoms with Crippen molar-refractivity contribution in [1.29, 1.82) is 0 Å². The second-order valence-electron chi connectivity index (χ2n) is 4.68. The third-order valence-electron chi connectivity index (χ3n) is 3.09. The van der Waals surface area contributed by atoms with Gasteiger partial charge in [0.25, 0.3) is 0 Å². The van der Waals surface area contributed by atoms with Gasteiger partial charge in [-0.15, -0.1) is 11.3 Å². The first-order valence-electron chi connectivity index (χ1n) is 6.25. The molecule has 0 aromatic carbocycles. The van der Waals surface area contributed by atoms with Crippen molar-refractivity contribution in [2.24, 2.45) is 7.05 Å². The lowest BCUT2D eigenvalue weighted by Crippen LogP contribution is -2.08. The number of imidazole rings is 1. The Balaban J connectivity index is 1.76. The Bertz CT molecular complexity index is 714. The van der Waals surface area contributed by atoms with Crippen molar-refractivity contribution in [3.63, 3.8) is 0 Å². The molecule has 0 N–H and O–H groups in total. The molecule has 0 saturated heterocycles. The van der Waals surface area contributed by atoms with E-state index >= 15 is 0 Å². The monoisotopic (exact) mass is 307 g/mol. The molecule has 3 rings (SSSR count). The number of rotatable bonds is 4. The van der Waals surface area contributed by atoms with Gasteiger partial charge in [-0.3, -0.25) is 4.68 Å². The van der Waals surface area contributed by atoms with E-state index < -0.39 is 0 Å². The summed E-state index contributed by atoms with van der Waals surface area (Å²) in [6, 6.07) is 0.225. The third kappa shape index (κ3) is 2.62. The maximum atomic E-state index is 5.89. The van der Waals surface area contributed by atoms with Crippen LogP contribution in [0.4, 0.5) is 0 Å². The minimum absolute atomic E-state index is 0.225. The molecular weight excluding hydrogens is 294 g/mol. The van der Waals surface area contributed by atoms with Crippen molar-refractivity contribution in [3.05, 3.63) is 40.2 Å². The normalized spacial score (nSPS) is 12.8. The number of aryl methyl sites for hydroxylation is 1. The largest absolute Gasteiger partial charge is 0.333 e. The van der Waals surface area contributed by atoms with Crippen molar-refractivity contribution in [3.8, 4) is 11.5 Å². The average molecular weight is 308 g/mol. The Morgan fingerprint density at radius 3 is 2.95 bits per heavy atom. The zero-order chi connectivity index (χ0) is 14.1. The average Bonchev–Trinajstić information content (AvgIpc) is 3.10. The highest BCUT2D eigenvalue weighted by Crippen LogP contribution is 2.23. The molecule has 3 aromatic heterocycles. The number of nitrogens with zero attached hydrogens (tertiary/aromatic N) is 5. The summed E-state index contributed by atoms with van der Waals surface area (Å²) in [6.45, 7) is 2.10. The van der Waals surface area contributed by atoms with Crippen molar-refractivity contribution < 1.29 is 0 Å². The Morgan fingerprint density at radius 1 is 1.45 bits per heavy atom. The van der Waals surface area contributed by atoms with Gasteiger partial charge < -0.3 is 4.57 Å². The molecule has 0 fully saturated rings. The number of hydrogen-bond donors (Lipinski definition) is 0. The first kappa shape index (κ1) is 13.3. The molecule has 3 aromatic rings. The zero-order valence-corrected chi connectivity index (χ0v) is 12.8. The maximum absolute atomic E-state index is 5.89. The molecule has 0 bridgehead atoms. The van der Waals surface area contributed by atoms with Gasteiger partial charge in [-0.25, -0.2) is 9.97 Å².